The molecule has 0 radical (unpaired) electrons. The molecular formula is C25H22FN5O3. The van der Waals surface area contributed by atoms with Gasteiger partial charge in [0.05, 0.1) is 16.8 Å². The van der Waals surface area contributed by atoms with Crippen molar-refractivity contribution in [3.63, 3.8) is 0 Å². The van der Waals surface area contributed by atoms with Crippen LogP contribution >= 0.6 is 0 Å². The number of amides is 2. The summed E-state index contributed by atoms with van der Waals surface area (Å²) in [6.45, 7) is 1.16. The highest BCUT2D eigenvalue weighted by Crippen LogP contribution is 2.31. The van der Waals surface area contributed by atoms with Crippen LogP contribution in [0.1, 0.15) is 27.1 Å². The summed E-state index contributed by atoms with van der Waals surface area (Å²) in [4.78, 5) is 42.7. The molecule has 1 fully saturated rings. The third-order valence-corrected chi connectivity index (χ3v) is 6.16. The number of H-pyrrole nitrogens is 2. The Morgan fingerprint density at radius 3 is 2.71 bits per heavy atom. The smallest absolute Gasteiger partial charge is 0.295 e. The zero-order valence-electron chi connectivity index (χ0n) is 18.2. The fourth-order valence-corrected chi connectivity index (χ4v) is 4.38. The van der Waals surface area contributed by atoms with Gasteiger partial charge in [-0.15, -0.1) is 0 Å². The van der Waals surface area contributed by atoms with E-state index >= 15 is 0 Å². The SMILES string of the molecule is O=C(NC[C@@H]1CCN(C(=O)C(=O)c2c[nH]c3c(-c4cc[nH]n4)ccc(F)c23)C1)c1ccccc1. The average Bonchev–Trinajstić information content (AvgIpc) is 3.63. The number of aromatic amines is 2. The van der Waals surface area contributed by atoms with Gasteiger partial charge in [0, 0.05) is 48.5 Å². The minimum atomic E-state index is -0.765. The van der Waals surface area contributed by atoms with Gasteiger partial charge in [0.1, 0.15) is 5.82 Å². The first-order valence-electron chi connectivity index (χ1n) is 11.0. The highest BCUT2D eigenvalue weighted by Gasteiger charge is 2.32. The van der Waals surface area contributed by atoms with Crippen molar-refractivity contribution in [1.29, 1.82) is 0 Å². The maximum Gasteiger partial charge on any atom is 0.295 e. The Hall–Kier alpha value is -4.27. The molecule has 8 nitrogen and oxygen atoms in total. The van der Waals surface area contributed by atoms with Crippen molar-refractivity contribution in [1.82, 2.24) is 25.4 Å². The van der Waals surface area contributed by atoms with Gasteiger partial charge in [0.2, 0.25) is 0 Å². The number of aromatic nitrogens is 3. The largest absolute Gasteiger partial charge is 0.360 e. The summed E-state index contributed by atoms with van der Waals surface area (Å²) in [5.74, 6) is -2.17. The van der Waals surface area contributed by atoms with Crippen LogP contribution in [0.4, 0.5) is 4.39 Å². The Bertz CT molecular complexity index is 1360. The summed E-state index contributed by atoms with van der Waals surface area (Å²) in [5.41, 5.74) is 2.19. The quantitative estimate of drug-likeness (QED) is 0.304. The Morgan fingerprint density at radius 1 is 1.12 bits per heavy atom. The molecule has 0 bridgehead atoms. The molecule has 3 heterocycles. The predicted octanol–water partition coefficient (Wildman–Crippen LogP) is 3.16. The molecule has 1 aliphatic heterocycles. The van der Waals surface area contributed by atoms with Crippen molar-refractivity contribution < 1.29 is 18.8 Å². The first-order chi connectivity index (χ1) is 16.5. The molecule has 1 saturated heterocycles. The van der Waals surface area contributed by atoms with Gasteiger partial charge in [0.25, 0.3) is 17.6 Å². The second-order valence-corrected chi connectivity index (χ2v) is 8.32. The van der Waals surface area contributed by atoms with Crippen LogP contribution in [0.3, 0.4) is 0 Å². The summed E-state index contributed by atoms with van der Waals surface area (Å²) in [6.07, 6.45) is 3.69. The van der Waals surface area contributed by atoms with E-state index in [0.29, 0.717) is 48.4 Å². The Labute approximate surface area is 194 Å². The molecule has 1 atom stereocenters. The van der Waals surface area contributed by atoms with Crippen LogP contribution in [0, 0.1) is 11.7 Å². The molecular weight excluding hydrogens is 437 g/mol. The van der Waals surface area contributed by atoms with Gasteiger partial charge in [-0.1, -0.05) is 18.2 Å². The van der Waals surface area contributed by atoms with Crippen LogP contribution in [0.2, 0.25) is 0 Å². The lowest BCUT2D eigenvalue weighted by Gasteiger charge is -2.16. The van der Waals surface area contributed by atoms with E-state index in [1.54, 1.807) is 42.6 Å². The number of hydrogen-bond acceptors (Lipinski definition) is 4. The highest BCUT2D eigenvalue weighted by atomic mass is 19.1. The maximum absolute atomic E-state index is 14.7. The lowest BCUT2D eigenvalue weighted by atomic mass is 10.0. The van der Waals surface area contributed by atoms with Crippen LogP contribution in [0.5, 0.6) is 0 Å². The first kappa shape index (κ1) is 21.6. The molecule has 0 aliphatic carbocycles. The number of carbonyl (C=O) groups excluding carboxylic acids is 3. The van der Waals surface area contributed by atoms with E-state index in [1.807, 2.05) is 6.07 Å². The third-order valence-electron chi connectivity index (χ3n) is 6.16. The summed E-state index contributed by atoms with van der Waals surface area (Å²) in [7, 11) is 0. The number of fused-ring (bicyclic) bond motifs is 1. The summed E-state index contributed by atoms with van der Waals surface area (Å²) < 4.78 is 14.7. The van der Waals surface area contributed by atoms with E-state index in [2.05, 4.69) is 20.5 Å². The van der Waals surface area contributed by atoms with Crippen molar-refractivity contribution in [2.24, 2.45) is 5.92 Å². The second-order valence-electron chi connectivity index (χ2n) is 8.32. The number of carbonyl (C=O) groups is 3. The number of benzene rings is 2. The van der Waals surface area contributed by atoms with E-state index in [-0.39, 0.29) is 22.8 Å². The monoisotopic (exact) mass is 459 g/mol. The number of likely N-dealkylation sites (tertiary alicyclic amines) is 1. The van der Waals surface area contributed by atoms with Gasteiger partial charge >= 0.3 is 0 Å². The molecule has 0 unspecified atom stereocenters. The zero-order valence-corrected chi connectivity index (χ0v) is 18.2. The van der Waals surface area contributed by atoms with Crippen LogP contribution < -0.4 is 5.32 Å². The number of rotatable bonds is 6. The second kappa shape index (κ2) is 8.93. The van der Waals surface area contributed by atoms with Crippen molar-refractivity contribution >= 4 is 28.5 Å². The molecule has 34 heavy (non-hydrogen) atoms. The number of halogens is 1. The molecule has 9 heteroatoms. The molecule has 4 aromatic rings. The molecule has 2 amide bonds. The molecule has 172 valence electrons. The van der Waals surface area contributed by atoms with Crippen molar-refractivity contribution in [2.45, 2.75) is 6.42 Å². The Kier molecular flexibility index (Phi) is 5.67. The number of hydrogen-bond donors (Lipinski definition) is 3. The fourth-order valence-electron chi connectivity index (χ4n) is 4.38. The van der Waals surface area contributed by atoms with Gasteiger partial charge in [-0.2, -0.15) is 5.10 Å². The lowest BCUT2D eigenvalue weighted by Crippen LogP contribution is -2.36. The van der Waals surface area contributed by atoms with E-state index in [1.165, 1.54) is 17.2 Å². The van der Waals surface area contributed by atoms with Crippen LogP contribution in [0.25, 0.3) is 22.2 Å². The minimum absolute atomic E-state index is 0.00397. The number of nitrogens with zero attached hydrogens (tertiary/aromatic N) is 2. The van der Waals surface area contributed by atoms with Gasteiger partial charge in [-0.25, -0.2) is 4.39 Å². The lowest BCUT2D eigenvalue weighted by molar-refractivity contribution is -0.125. The predicted molar refractivity (Wildman–Crippen MR) is 124 cm³/mol. The van der Waals surface area contributed by atoms with Crippen LogP contribution in [0.15, 0.2) is 60.9 Å². The summed E-state index contributed by atoms with van der Waals surface area (Å²) >= 11 is 0. The molecule has 3 N–H and O–H groups in total. The van der Waals surface area contributed by atoms with Crippen molar-refractivity contribution in [3.8, 4) is 11.3 Å². The van der Waals surface area contributed by atoms with Crippen LogP contribution in [-0.4, -0.2) is 57.3 Å². The molecule has 1 aliphatic rings. The molecule has 0 saturated carbocycles. The van der Waals surface area contributed by atoms with E-state index in [0.717, 1.165) is 0 Å². The zero-order chi connectivity index (χ0) is 23.7. The van der Waals surface area contributed by atoms with Crippen LogP contribution in [-0.2, 0) is 4.79 Å². The van der Waals surface area contributed by atoms with Crippen molar-refractivity contribution in [2.75, 3.05) is 19.6 Å². The van der Waals surface area contributed by atoms with Crippen molar-refractivity contribution in [3.05, 3.63) is 77.9 Å². The average molecular weight is 459 g/mol. The normalized spacial score (nSPS) is 15.6. The van der Waals surface area contributed by atoms with Gasteiger partial charge < -0.3 is 15.2 Å². The Balaban J connectivity index is 1.28. The minimum Gasteiger partial charge on any atom is -0.360 e. The van der Waals surface area contributed by atoms with Gasteiger partial charge in [-0.05, 0) is 42.7 Å². The number of ketones is 1. The number of Topliss-reactive ketones (excluding diaryl/α,β-unsaturated/α-hetero) is 1. The number of nitrogens with one attached hydrogen (secondary N) is 3. The molecule has 5 rings (SSSR count). The highest BCUT2D eigenvalue weighted by molar-refractivity contribution is 6.45. The third kappa shape index (κ3) is 3.96. The molecule has 0 spiro atoms. The summed E-state index contributed by atoms with van der Waals surface area (Å²) in [6, 6.07) is 13.5. The standard InChI is InChI=1S/C25H22FN5O3/c26-19-7-6-17(20-8-10-29-30-20)22-21(19)18(13-27-22)23(32)25(34)31-11-9-15(14-31)12-28-24(33)16-4-2-1-3-5-16/h1-8,10,13,15,27H,9,11-12,14H2,(H,28,33)(H,29,30)/t15-/m0/s1. The Morgan fingerprint density at radius 2 is 1.94 bits per heavy atom. The maximum atomic E-state index is 14.7. The van der Waals surface area contributed by atoms with Gasteiger partial charge in [0.15, 0.2) is 0 Å². The molecule has 2 aromatic heterocycles. The first-order valence-corrected chi connectivity index (χ1v) is 11.0. The van der Waals surface area contributed by atoms with Gasteiger partial charge in [-0.3, -0.25) is 19.5 Å². The fraction of sp³-hybridized carbons (Fsp3) is 0.200. The van der Waals surface area contributed by atoms with E-state index in [9.17, 15) is 18.8 Å². The summed E-state index contributed by atoms with van der Waals surface area (Å²) in [5, 5.41) is 9.79. The molecule has 2 aromatic carbocycles. The van der Waals surface area contributed by atoms with E-state index in [4.69, 9.17) is 0 Å². The van der Waals surface area contributed by atoms with E-state index < -0.39 is 17.5 Å². The topological polar surface area (TPSA) is 111 Å².